The number of anilines is 1. The second kappa shape index (κ2) is 6.29. The van der Waals surface area contributed by atoms with Gasteiger partial charge in [-0.3, -0.25) is 14.9 Å². The molecule has 0 atom stereocenters. The van der Waals surface area contributed by atoms with Gasteiger partial charge in [-0.25, -0.2) is 9.07 Å². The molecule has 3 aromatic rings. The van der Waals surface area contributed by atoms with E-state index < -0.39 is 16.6 Å². The van der Waals surface area contributed by atoms with Crippen LogP contribution in [0.3, 0.4) is 0 Å². The van der Waals surface area contributed by atoms with Crippen molar-refractivity contribution in [3.8, 4) is 5.69 Å². The Morgan fingerprint density at radius 3 is 2.62 bits per heavy atom. The summed E-state index contributed by atoms with van der Waals surface area (Å²) in [5, 5.41) is 17.5. The van der Waals surface area contributed by atoms with E-state index in [1.165, 1.54) is 59.4 Å². The van der Waals surface area contributed by atoms with Crippen molar-refractivity contribution in [3.63, 3.8) is 0 Å². The SMILES string of the molecule is O=C(Nc1ccc(F)cc1)c1ccn(-c2cccc([N+](=O)[O-])c2)n1. The Labute approximate surface area is 135 Å². The quantitative estimate of drug-likeness (QED) is 0.589. The lowest BCUT2D eigenvalue weighted by molar-refractivity contribution is -0.384. The molecular weight excluding hydrogens is 315 g/mol. The summed E-state index contributed by atoms with van der Waals surface area (Å²) in [6, 6.07) is 12.7. The smallest absolute Gasteiger partial charge is 0.276 e. The van der Waals surface area contributed by atoms with Crippen molar-refractivity contribution in [2.45, 2.75) is 0 Å². The number of aromatic nitrogens is 2. The topological polar surface area (TPSA) is 90.1 Å². The van der Waals surface area contributed by atoms with E-state index in [1.807, 2.05) is 0 Å². The average Bonchev–Trinajstić information content (AvgIpc) is 3.07. The number of hydrogen-bond acceptors (Lipinski definition) is 4. The third kappa shape index (κ3) is 3.27. The van der Waals surface area contributed by atoms with Gasteiger partial charge < -0.3 is 5.32 Å². The van der Waals surface area contributed by atoms with Crippen LogP contribution in [0.25, 0.3) is 5.69 Å². The van der Waals surface area contributed by atoms with Gasteiger partial charge in [0.1, 0.15) is 5.82 Å². The number of nitrogens with one attached hydrogen (secondary N) is 1. The summed E-state index contributed by atoms with van der Waals surface area (Å²) in [6.45, 7) is 0. The largest absolute Gasteiger partial charge is 0.321 e. The number of benzene rings is 2. The Morgan fingerprint density at radius 1 is 1.17 bits per heavy atom. The molecule has 0 radical (unpaired) electrons. The summed E-state index contributed by atoms with van der Waals surface area (Å²) in [4.78, 5) is 22.4. The van der Waals surface area contributed by atoms with Crippen LogP contribution in [0.1, 0.15) is 10.5 Å². The number of carbonyl (C=O) groups is 1. The van der Waals surface area contributed by atoms with Gasteiger partial charge >= 0.3 is 0 Å². The van der Waals surface area contributed by atoms with E-state index in [-0.39, 0.29) is 11.4 Å². The molecule has 1 heterocycles. The first-order valence-corrected chi connectivity index (χ1v) is 6.90. The Hall–Kier alpha value is -3.55. The van der Waals surface area contributed by atoms with Crippen LogP contribution in [0.2, 0.25) is 0 Å². The van der Waals surface area contributed by atoms with Crippen molar-refractivity contribution in [1.29, 1.82) is 0 Å². The molecule has 120 valence electrons. The second-order valence-electron chi connectivity index (χ2n) is 4.88. The molecule has 24 heavy (non-hydrogen) atoms. The standard InChI is InChI=1S/C16H11FN4O3/c17-11-4-6-12(7-5-11)18-16(22)15-8-9-20(19-15)13-2-1-3-14(10-13)21(23)24/h1-10H,(H,18,22). The molecule has 0 aliphatic heterocycles. The number of rotatable bonds is 4. The third-order valence-electron chi connectivity index (χ3n) is 3.23. The van der Waals surface area contributed by atoms with Crippen molar-refractivity contribution in [2.24, 2.45) is 0 Å². The van der Waals surface area contributed by atoms with E-state index in [1.54, 1.807) is 6.07 Å². The molecule has 0 fully saturated rings. The van der Waals surface area contributed by atoms with Crippen molar-refractivity contribution in [3.05, 3.63) is 82.4 Å². The van der Waals surface area contributed by atoms with Crippen LogP contribution in [0.4, 0.5) is 15.8 Å². The molecule has 1 amide bonds. The average molecular weight is 326 g/mol. The van der Waals surface area contributed by atoms with Crippen LogP contribution >= 0.6 is 0 Å². The normalized spacial score (nSPS) is 10.4. The zero-order chi connectivity index (χ0) is 17.1. The maximum Gasteiger partial charge on any atom is 0.276 e. The number of nitrogens with zero attached hydrogens (tertiary/aromatic N) is 3. The first-order valence-electron chi connectivity index (χ1n) is 6.90. The number of nitro benzene ring substituents is 1. The highest BCUT2D eigenvalue weighted by Crippen LogP contribution is 2.17. The predicted octanol–water partition coefficient (Wildman–Crippen LogP) is 3.17. The fourth-order valence-electron chi connectivity index (χ4n) is 2.07. The summed E-state index contributed by atoms with van der Waals surface area (Å²) in [6.07, 6.45) is 1.53. The lowest BCUT2D eigenvalue weighted by atomic mass is 10.3. The van der Waals surface area contributed by atoms with E-state index in [0.29, 0.717) is 11.4 Å². The Bertz CT molecular complexity index is 906. The van der Waals surface area contributed by atoms with Gasteiger partial charge in [0.25, 0.3) is 11.6 Å². The highest BCUT2D eigenvalue weighted by molar-refractivity contribution is 6.02. The van der Waals surface area contributed by atoms with E-state index in [2.05, 4.69) is 10.4 Å². The van der Waals surface area contributed by atoms with Crippen LogP contribution in [-0.4, -0.2) is 20.6 Å². The Balaban J connectivity index is 1.80. The fraction of sp³-hybridized carbons (Fsp3) is 0. The first-order chi connectivity index (χ1) is 11.5. The molecule has 2 aromatic carbocycles. The molecular formula is C16H11FN4O3. The maximum absolute atomic E-state index is 12.9. The van der Waals surface area contributed by atoms with Gasteiger partial charge in [0.15, 0.2) is 5.69 Å². The molecule has 1 N–H and O–H groups in total. The Kier molecular flexibility index (Phi) is 4.02. The van der Waals surface area contributed by atoms with E-state index in [4.69, 9.17) is 0 Å². The van der Waals surface area contributed by atoms with Gasteiger partial charge in [0.05, 0.1) is 10.6 Å². The molecule has 3 rings (SSSR count). The lowest BCUT2D eigenvalue weighted by Crippen LogP contribution is -2.13. The second-order valence-corrected chi connectivity index (χ2v) is 4.88. The van der Waals surface area contributed by atoms with E-state index in [9.17, 15) is 19.3 Å². The van der Waals surface area contributed by atoms with E-state index >= 15 is 0 Å². The van der Waals surface area contributed by atoms with Gasteiger partial charge in [-0.15, -0.1) is 0 Å². The third-order valence-corrected chi connectivity index (χ3v) is 3.23. The number of halogens is 1. The number of amides is 1. The van der Waals surface area contributed by atoms with Crippen LogP contribution in [0, 0.1) is 15.9 Å². The van der Waals surface area contributed by atoms with Crippen molar-refractivity contribution in [2.75, 3.05) is 5.32 Å². The fourth-order valence-corrected chi connectivity index (χ4v) is 2.07. The van der Waals surface area contributed by atoms with Gasteiger partial charge in [0.2, 0.25) is 0 Å². The minimum atomic E-state index is -0.505. The number of non-ortho nitro benzene ring substituents is 1. The van der Waals surface area contributed by atoms with Crippen LogP contribution in [0.5, 0.6) is 0 Å². The van der Waals surface area contributed by atoms with Gasteiger partial charge in [-0.1, -0.05) is 6.07 Å². The molecule has 0 saturated carbocycles. The molecule has 7 nitrogen and oxygen atoms in total. The minimum absolute atomic E-state index is 0.0692. The summed E-state index contributed by atoms with van der Waals surface area (Å²) in [5.41, 5.74) is 0.961. The zero-order valence-corrected chi connectivity index (χ0v) is 12.2. The van der Waals surface area contributed by atoms with Gasteiger partial charge in [-0.05, 0) is 36.4 Å². The molecule has 8 heteroatoms. The van der Waals surface area contributed by atoms with Crippen molar-refractivity contribution < 1.29 is 14.1 Å². The lowest BCUT2D eigenvalue weighted by Gasteiger charge is -2.03. The molecule has 0 spiro atoms. The minimum Gasteiger partial charge on any atom is -0.321 e. The molecule has 0 unspecified atom stereocenters. The zero-order valence-electron chi connectivity index (χ0n) is 12.2. The highest BCUT2D eigenvalue weighted by atomic mass is 19.1. The Morgan fingerprint density at radius 2 is 1.92 bits per heavy atom. The number of hydrogen-bond donors (Lipinski definition) is 1. The molecule has 0 aliphatic rings. The van der Waals surface area contributed by atoms with Crippen molar-refractivity contribution in [1.82, 2.24) is 9.78 Å². The predicted molar refractivity (Wildman–Crippen MR) is 84.6 cm³/mol. The monoisotopic (exact) mass is 326 g/mol. The van der Waals surface area contributed by atoms with Gasteiger partial charge in [0, 0.05) is 24.0 Å². The van der Waals surface area contributed by atoms with Crippen LogP contribution < -0.4 is 5.32 Å². The van der Waals surface area contributed by atoms with Crippen molar-refractivity contribution >= 4 is 17.3 Å². The molecule has 0 aliphatic carbocycles. The first kappa shape index (κ1) is 15.3. The summed E-state index contributed by atoms with van der Waals surface area (Å²) in [5.74, 6) is -0.867. The number of nitro groups is 1. The molecule has 0 saturated heterocycles. The van der Waals surface area contributed by atoms with Gasteiger partial charge in [-0.2, -0.15) is 5.10 Å². The molecule has 1 aromatic heterocycles. The maximum atomic E-state index is 12.9. The summed E-state index contributed by atoms with van der Waals surface area (Å²) in [7, 11) is 0. The van der Waals surface area contributed by atoms with Crippen LogP contribution in [0.15, 0.2) is 60.8 Å². The number of carbonyl (C=O) groups excluding carboxylic acids is 1. The van der Waals surface area contributed by atoms with E-state index in [0.717, 1.165) is 0 Å². The summed E-state index contributed by atoms with van der Waals surface area (Å²) >= 11 is 0. The molecule has 0 bridgehead atoms. The summed E-state index contributed by atoms with van der Waals surface area (Å²) < 4.78 is 14.2. The van der Waals surface area contributed by atoms with Crippen LogP contribution in [-0.2, 0) is 0 Å². The highest BCUT2D eigenvalue weighted by Gasteiger charge is 2.12.